The van der Waals surface area contributed by atoms with E-state index in [1.807, 2.05) is 12.1 Å². The van der Waals surface area contributed by atoms with Crippen molar-refractivity contribution in [3.8, 4) is 0 Å². The highest BCUT2D eigenvalue weighted by Gasteiger charge is 2.11. The van der Waals surface area contributed by atoms with Crippen molar-refractivity contribution in [2.24, 2.45) is 0 Å². The second-order valence-electron chi connectivity index (χ2n) is 6.91. The minimum Gasteiger partial charge on any atom is -0.320 e. The number of alkyl halides is 1. The molecule has 2 rings (SSSR count). The van der Waals surface area contributed by atoms with Gasteiger partial charge in [-0.15, -0.1) is 0 Å². The van der Waals surface area contributed by atoms with Gasteiger partial charge < -0.3 is 4.48 Å². The van der Waals surface area contributed by atoms with Crippen LogP contribution >= 0.6 is 22.6 Å². The van der Waals surface area contributed by atoms with Crippen LogP contribution in [0.2, 0.25) is 0 Å². The topological polar surface area (TPSA) is 0 Å². The number of halogens is 3. The summed E-state index contributed by atoms with van der Waals surface area (Å²) in [6.07, 6.45) is 5.19. The van der Waals surface area contributed by atoms with Gasteiger partial charge in [0.1, 0.15) is 16.2 Å². The fourth-order valence-electron chi connectivity index (χ4n) is 2.70. The number of hydrogen-bond donors (Lipinski definition) is 0. The summed E-state index contributed by atoms with van der Waals surface area (Å²) in [5.41, 5.74) is 2.46. The molecule has 2 aromatic rings. The van der Waals surface area contributed by atoms with Crippen LogP contribution in [0.4, 0.5) is 8.78 Å². The van der Waals surface area contributed by atoms with Crippen LogP contribution in [0.3, 0.4) is 0 Å². The molecule has 2 aromatic carbocycles. The van der Waals surface area contributed by atoms with E-state index in [0.29, 0.717) is 0 Å². The molecule has 1 nitrogen and oxygen atoms in total. The molecule has 0 heterocycles. The summed E-state index contributed by atoms with van der Waals surface area (Å²) in [4.78, 5) is 0. The van der Waals surface area contributed by atoms with E-state index in [0.717, 1.165) is 51.5 Å². The Labute approximate surface area is 163 Å². The van der Waals surface area contributed by atoms with E-state index < -0.39 is 0 Å². The van der Waals surface area contributed by atoms with Crippen LogP contribution in [0.1, 0.15) is 30.4 Å². The molecule has 0 saturated carbocycles. The molecule has 25 heavy (non-hydrogen) atoms. The molecule has 0 atom stereocenters. The van der Waals surface area contributed by atoms with Crippen molar-refractivity contribution in [1.82, 2.24) is 0 Å². The summed E-state index contributed by atoms with van der Waals surface area (Å²) < 4.78 is 29.4. The summed E-state index contributed by atoms with van der Waals surface area (Å²) in [6.45, 7) is 1.13. The van der Waals surface area contributed by atoms with Gasteiger partial charge in [0.25, 0.3) is 0 Å². The van der Waals surface area contributed by atoms with Crippen molar-refractivity contribution in [2.75, 3.05) is 25.2 Å². The van der Waals surface area contributed by atoms with Gasteiger partial charge in [-0.25, -0.2) is 8.78 Å². The lowest BCUT2D eigenvalue weighted by Gasteiger charge is -2.26. The normalized spacial score (nSPS) is 11.4. The van der Waals surface area contributed by atoms with Gasteiger partial charge in [0.15, 0.2) is 0 Å². The van der Waals surface area contributed by atoms with Crippen molar-refractivity contribution >= 4 is 28.2 Å². The zero-order valence-electron chi connectivity index (χ0n) is 14.8. The predicted molar refractivity (Wildman–Crippen MR) is 110 cm³/mol. The lowest BCUT2D eigenvalue weighted by Crippen LogP contribution is -2.38. The van der Waals surface area contributed by atoms with Crippen LogP contribution in [0.15, 0.2) is 54.6 Å². The molecular formula is C21H25F2IN+. The largest absolute Gasteiger partial charge is 0.320 e. The molecule has 0 fully saturated rings. The molecule has 0 aliphatic rings. The average Bonchev–Trinajstić information content (AvgIpc) is 2.58. The quantitative estimate of drug-likeness (QED) is 0.150. The summed E-state index contributed by atoms with van der Waals surface area (Å²) in [5, 5.41) is 0. The third-order valence-electron chi connectivity index (χ3n) is 4.16. The van der Waals surface area contributed by atoms with E-state index in [1.165, 1.54) is 24.3 Å². The molecule has 0 bridgehead atoms. The van der Waals surface area contributed by atoms with E-state index in [2.05, 4.69) is 42.8 Å². The Balaban J connectivity index is 2.15. The lowest BCUT2D eigenvalue weighted by molar-refractivity contribution is -0.874. The summed E-state index contributed by atoms with van der Waals surface area (Å²) >= 11 is 2.41. The van der Waals surface area contributed by atoms with Crippen LogP contribution < -0.4 is 0 Å². The Morgan fingerprint density at radius 1 is 0.960 bits per heavy atom. The first-order chi connectivity index (χ1) is 11.9. The summed E-state index contributed by atoms with van der Waals surface area (Å²) in [6, 6.07) is 13.0. The highest BCUT2D eigenvalue weighted by atomic mass is 127. The van der Waals surface area contributed by atoms with Crippen molar-refractivity contribution in [3.05, 3.63) is 77.4 Å². The van der Waals surface area contributed by atoms with Crippen molar-refractivity contribution in [1.29, 1.82) is 0 Å². The van der Waals surface area contributed by atoms with Gasteiger partial charge in [-0.05, 0) is 82.8 Å². The predicted octanol–water partition coefficient (Wildman–Crippen LogP) is 6.04. The van der Waals surface area contributed by atoms with E-state index in [1.54, 1.807) is 12.1 Å². The highest BCUT2D eigenvalue weighted by Crippen LogP contribution is 2.25. The Morgan fingerprint density at radius 2 is 1.52 bits per heavy atom. The third-order valence-corrected chi connectivity index (χ3v) is 6.01. The summed E-state index contributed by atoms with van der Waals surface area (Å²) in [7, 11) is 4.46. The molecule has 134 valence electrons. The number of rotatable bonds is 8. The van der Waals surface area contributed by atoms with Gasteiger partial charge in [-0.1, -0.05) is 30.3 Å². The third kappa shape index (κ3) is 6.51. The Morgan fingerprint density at radius 3 is 2.00 bits per heavy atom. The first-order valence-corrected chi connectivity index (χ1v) is 10.0. The van der Waals surface area contributed by atoms with Gasteiger partial charge >= 0.3 is 0 Å². The number of nitrogens with zero attached hydrogens (tertiary/aromatic N) is 1. The molecule has 0 aliphatic carbocycles. The fraction of sp³-hybridized carbons (Fsp3) is 0.333. The standard InChI is InChI=1S/C21H25F2IN/c1-25(2,16-24)13-5-3-4-12-21(17-8-6-10-19(22)14-17)18-9-7-11-20(23)15-18/h6-12,14-15H,3-5,13,16H2,1-2H3/q+1. The summed E-state index contributed by atoms with van der Waals surface area (Å²) in [5.74, 6) is -0.554. The van der Waals surface area contributed by atoms with E-state index >= 15 is 0 Å². The molecule has 4 heteroatoms. The van der Waals surface area contributed by atoms with E-state index in [9.17, 15) is 8.78 Å². The molecular weight excluding hydrogens is 431 g/mol. The number of quaternary nitrogens is 1. The van der Waals surface area contributed by atoms with Crippen molar-refractivity contribution in [3.63, 3.8) is 0 Å². The Hall–Kier alpha value is -1.27. The van der Waals surface area contributed by atoms with Gasteiger partial charge in [0.2, 0.25) is 0 Å². The zero-order valence-corrected chi connectivity index (χ0v) is 17.0. The van der Waals surface area contributed by atoms with Crippen LogP contribution in [0.5, 0.6) is 0 Å². The monoisotopic (exact) mass is 456 g/mol. The molecule has 0 aliphatic heterocycles. The van der Waals surface area contributed by atoms with Crippen LogP contribution in [-0.4, -0.2) is 29.7 Å². The van der Waals surface area contributed by atoms with E-state index in [-0.39, 0.29) is 11.6 Å². The maximum absolute atomic E-state index is 13.6. The van der Waals surface area contributed by atoms with Crippen molar-refractivity contribution < 1.29 is 13.3 Å². The second kappa shape index (κ2) is 9.43. The van der Waals surface area contributed by atoms with Gasteiger partial charge in [-0.3, -0.25) is 0 Å². The van der Waals surface area contributed by atoms with Crippen LogP contribution in [0.25, 0.3) is 5.57 Å². The smallest absolute Gasteiger partial charge is 0.129 e. The molecule has 0 radical (unpaired) electrons. The number of benzene rings is 2. The molecule has 0 unspecified atom stereocenters. The minimum atomic E-state index is -0.277. The van der Waals surface area contributed by atoms with Crippen molar-refractivity contribution in [2.45, 2.75) is 19.3 Å². The molecule has 0 amide bonds. The van der Waals surface area contributed by atoms with Gasteiger partial charge in [-0.2, -0.15) is 0 Å². The number of unbranched alkanes of at least 4 members (excludes halogenated alkanes) is 2. The Bertz CT molecular complexity index is 678. The molecule has 0 N–H and O–H groups in total. The molecule has 0 saturated heterocycles. The first-order valence-electron chi connectivity index (χ1n) is 8.51. The average molecular weight is 456 g/mol. The first kappa shape index (κ1) is 20.0. The molecule has 0 aromatic heterocycles. The SMILES string of the molecule is C[N+](C)(CI)CCCCC=C(c1cccc(F)c1)c1cccc(F)c1. The number of allylic oxidation sites excluding steroid dienone is 1. The minimum absolute atomic E-state index is 0.277. The van der Waals surface area contributed by atoms with Crippen LogP contribution in [-0.2, 0) is 0 Å². The Kier molecular flexibility index (Phi) is 7.56. The van der Waals surface area contributed by atoms with Crippen LogP contribution in [0, 0.1) is 11.6 Å². The highest BCUT2D eigenvalue weighted by molar-refractivity contribution is 14.1. The van der Waals surface area contributed by atoms with E-state index in [4.69, 9.17) is 0 Å². The second-order valence-corrected chi connectivity index (χ2v) is 7.60. The molecule has 0 spiro atoms. The maximum atomic E-state index is 13.6. The number of hydrogen-bond acceptors (Lipinski definition) is 0. The fourth-order valence-corrected chi connectivity index (χ4v) is 3.05. The maximum Gasteiger partial charge on any atom is 0.129 e. The van der Waals surface area contributed by atoms with Gasteiger partial charge in [0.05, 0.1) is 20.6 Å². The zero-order chi connectivity index (χ0) is 18.3. The lowest BCUT2D eigenvalue weighted by atomic mass is 9.96. The van der Waals surface area contributed by atoms with Gasteiger partial charge in [0, 0.05) is 0 Å².